The molecule has 0 N–H and O–H groups in total. The van der Waals surface area contributed by atoms with Gasteiger partial charge in [0.1, 0.15) is 5.57 Å². The van der Waals surface area contributed by atoms with E-state index in [0.717, 1.165) is 0 Å². The molecule has 1 aromatic carbocycles. The van der Waals surface area contributed by atoms with Crippen LogP contribution in [0, 0.1) is 10.1 Å². The molecule has 21 heavy (non-hydrogen) atoms. The summed E-state index contributed by atoms with van der Waals surface area (Å²) in [5, 5.41) is 10.6. The molecule has 0 aliphatic heterocycles. The Hall–Kier alpha value is -2.70. The van der Waals surface area contributed by atoms with Gasteiger partial charge in [-0.3, -0.25) is 14.9 Å². The van der Waals surface area contributed by atoms with Gasteiger partial charge >= 0.3 is 5.97 Å². The first-order valence-electron chi connectivity index (χ1n) is 6.21. The highest BCUT2D eigenvalue weighted by molar-refractivity contribution is 6.24. The van der Waals surface area contributed by atoms with Gasteiger partial charge in [0.05, 0.1) is 11.5 Å². The van der Waals surface area contributed by atoms with E-state index in [4.69, 9.17) is 4.74 Å². The van der Waals surface area contributed by atoms with Crippen molar-refractivity contribution in [3.63, 3.8) is 0 Å². The van der Waals surface area contributed by atoms with Gasteiger partial charge in [-0.1, -0.05) is 0 Å². The van der Waals surface area contributed by atoms with E-state index in [1.165, 1.54) is 30.5 Å². The third kappa shape index (κ3) is 4.41. The zero-order valence-electron chi connectivity index (χ0n) is 12.0. The summed E-state index contributed by atoms with van der Waals surface area (Å²) >= 11 is 0. The minimum atomic E-state index is -0.727. The van der Waals surface area contributed by atoms with Crippen molar-refractivity contribution >= 4 is 17.4 Å². The lowest BCUT2D eigenvalue weighted by Crippen LogP contribution is -2.19. The quantitative estimate of drug-likeness (QED) is 0.151. The lowest BCUT2D eigenvalue weighted by molar-refractivity contribution is -0.384. The van der Waals surface area contributed by atoms with Gasteiger partial charge < -0.3 is 9.64 Å². The highest BCUT2D eigenvalue weighted by Gasteiger charge is 2.22. The average molecular weight is 292 g/mol. The molecule has 0 saturated carbocycles. The maximum atomic E-state index is 12.3. The van der Waals surface area contributed by atoms with Crippen molar-refractivity contribution in [1.29, 1.82) is 0 Å². The number of hydrogen-bond donors (Lipinski definition) is 0. The zero-order chi connectivity index (χ0) is 16.0. The van der Waals surface area contributed by atoms with Gasteiger partial charge in [0.15, 0.2) is 0 Å². The largest absolute Gasteiger partial charge is 0.462 e. The Morgan fingerprint density at radius 3 is 2.29 bits per heavy atom. The van der Waals surface area contributed by atoms with E-state index < -0.39 is 16.7 Å². The molecule has 0 atom stereocenters. The maximum absolute atomic E-state index is 12.3. The Morgan fingerprint density at radius 2 is 1.86 bits per heavy atom. The fourth-order valence-electron chi connectivity index (χ4n) is 1.56. The molecule has 7 nitrogen and oxygen atoms in total. The number of hydrogen-bond acceptors (Lipinski definition) is 6. The number of esters is 1. The zero-order valence-corrected chi connectivity index (χ0v) is 12.0. The predicted octanol–water partition coefficient (Wildman–Crippen LogP) is 1.79. The minimum Gasteiger partial charge on any atom is -0.462 e. The van der Waals surface area contributed by atoms with Crippen LogP contribution in [0.15, 0.2) is 36.0 Å². The molecule has 0 amide bonds. The van der Waals surface area contributed by atoms with Crippen LogP contribution in [0.25, 0.3) is 0 Å². The Morgan fingerprint density at radius 1 is 1.29 bits per heavy atom. The third-order valence-electron chi connectivity index (χ3n) is 2.47. The van der Waals surface area contributed by atoms with Crippen molar-refractivity contribution in [1.82, 2.24) is 4.90 Å². The standard InChI is InChI=1S/C14H16N2O5/c1-4-21-14(18)12(9-15(2)3)13(17)10-5-7-11(8-6-10)16(19)20/h5-9H,4H2,1-3H3/b12-9-. The number of rotatable bonds is 6. The number of nitrogens with zero attached hydrogens (tertiary/aromatic N) is 2. The topological polar surface area (TPSA) is 89.8 Å². The van der Waals surface area contributed by atoms with Crippen LogP contribution in [-0.2, 0) is 9.53 Å². The summed E-state index contributed by atoms with van der Waals surface area (Å²) in [6.45, 7) is 1.79. The highest BCUT2D eigenvalue weighted by atomic mass is 16.6. The minimum absolute atomic E-state index is 0.124. The number of non-ortho nitro benzene ring substituents is 1. The molecular weight excluding hydrogens is 276 g/mol. The highest BCUT2D eigenvalue weighted by Crippen LogP contribution is 2.16. The lowest BCUT2D eigenvalue weighted by Gasteiger charge is -2.10. The van der Waals surface area contributed by atoms with Gasteiger partial charge in [-0.25, -0.2) is 4.79 Å². The van der Waals surface area contributed by atoms with Crippen molar-refractivity contribution in [2.45, 2.75) is 6.92 Å². The van der Waals surface area contributed by atoms with Crippen LogP contribution in [0.3, 0.4) is 0 Å². The van der Waals surface area contributed by atoms with Crippen LogP contribution in [0.1, 0.15) is 17.3 Å². The molecule has 0 fully saturated rings. The smallest absolute Gasteiger partial charge is 0.343 e. The summed E-state index contributed by atoms with van der Waals surface area (Å²) < 4.78 is 4.85. The summed E-state index contributed by atoms with van der Waals surface area (Å²) in [5.74, 6) is -1.27. The number of ether oxygens (including phenoxy) is 1. The first-order chi connectivity index (χ1) is 9.86. The first-order valence-corrected chi connectivity index (χ1v) is 6.21. The number of benzene rings is 1. The van der Waals surface area contributed by atoms with Crippen molar-refractivity contribution in [2.24, 2.45) is 0 Å². The number of ketones is 1. The van der Waals surface area contributed by atoms with E-state index in [1.807, 2.05) is 0 Å². The van der Waals surface area contributed by atoms with Gasteiger partial charge in [-0.2, -0.15) is 0 Å². The summed E-state index contributed by atoms with van der Waals surface area (Å²) in [7, 11) is 3.34. The molecule has 0 aromatic heterocycles. The van der Waals surface area contributed by atoms with E-state index in [1.54, 1.807) is 25.9 Å². The Labute approximate surface area is 122 Å². The number of carbonyl (C=O) groups excluding carboxylic acids is 2. The molecule has 1 aromatic rings. The van der Waals surface area contributed by atoms with Crippen LogP contribution >= 0.6 is 0 Å². The molecule has 0 heterocycles. The SMILES string of the molecule is CCOC(=O)/C(=C\N(C)C)C(=O)c1ccc([N+](=O)[O-])cc1. The normalized spacial score (nSPS) is 10.9. The van der Waals surface area contributed by atoms with E-state index in [9.17, 15) is 19.7 Å². The summed E-state index contributed by atoms with van der Waals surface area (Å²) in [5.41, 5.74) is -0.0710. The van der Waals surface area contributed by atoms with E-state index in [2.05, 4.69) is 0 Å². The number of Topliss-reactive ketones (excluding diaryl/α,β-unsaturated/α-hetero) is 1. The molecule has 0 unspecified atom stereocenters. The summed E-state index contributed by atoms with van der Waals surface area (Å²) in [6, 6.07) is 5.05. The molecule has 0 spiro atoms. The average Bonchev–Trinajstić information content (AvgIpc) is 2.44. The molecule has 1 rings (SSSR count). The van der Waals surface area contributed by atoms with Crippen LogP contribution in [0.5, 0.6) is 0 Å². The lowest BCUT2D eigenvalue weighted by atomic mass is 10.0. The second kappa shape index (κ2) is 7.18. The number of nitro groups is 1. The molecule has 0 radical (unpaired) electrons. The molecular formula is C14H16N2O5. The van der Waals surface area contributed by atoms with Gasteiger partial charge in [-0.05, 0) is 19.1 Å². The fourth-order valence-corrected chi connectivity index (χ4v) is 1.56. The van der Waals surface area contributed by atoms with Crippen LogP contribution in [0.4, 0.5) is 5.69 Å². The van der Waals surface area contributed by atoms with E-state index in [-0.39, 0.29) is 23.4 Å². The van der Waals surface area contributed by atoms with Crippen molar-refractivity contribution in [3.8, 4) is 0 Å². The second-order valence-electron chi connectivity index (χ2n) is 4.36. The van der Waals surface area contributed by atoms with Gasteiger partial charge in [0.2, 0.25) is 5.78 Å². The number of carbonyl (C=O) groups is 2. The fraction of sp³-hybridized carbons (Fsp3) is 0.286. The molecule has 0 aliphatic carbocycles. The first kappa shape index (κ1) is 16.4. The van der Waals surface area contributed by atoms with Crippen molar-refractivity contribution < 1.29 is 19.2 Å². The third-order valence-corrected chi connectivity index (χ3v) is 2.47. The van der Waals surface area contributed by atoms with Crippen molar-refractivity contribution in [3.05, 3.63) is 51.7 Å². The Balaban J connectivity index is 3.11. The van der Waals surface area contributed by atoms with Gasteiger partial charge in [0, 0.05) is 38.0 Å². The van der Waals surface area contributed by atoms with Gasteiger partial charge in [0.25, 0.3) is 5.69 Å². The molecule has 7 heteroatoms. The molecule has 0 saturated heterocycles. The summed E-state index contributed by atoms with van der Waals surface area (Å²) in [6.07, 6.45) is 1.36. The monoisotopic (exact) mass is 292 g/mol. The van der Waals surface area contributed by atoms with Crippen molar-refractivity contribution in [2.75, 3.05) is 20.7 Å². The summed E-state index contributed by atoms with van der Waals surface area (Å²) in [4.78, 5) is 35.7. The van der Waals surface area contributed by atoms with E-state index >= 15 is 0 Å². The Kier molecular flexibility index (Phi) is 5.59. The Bertz CT molecular complexity index is 576. The van der Waals surface area contributed by atoms with Crippen LogP contribution in [-0.4, -0.2) is 42.3 Å². The van der Waals surface area contributed by atoms with Crippen LogP contribution < -0.4 is 0 Å². The second-order valence-corrected chi connectivity index (χ2v) is 4.36. The molecule has 112 valence electrons. The van der Waals surface area contributed by atoms with Gasteiger partial charge in [-0.15, -0.1) is 0 Å². The number of nitro benzene ring substituents is 1. The predicted molar refractivity (Wildman–Crippen MR) is 75.8 cm³/mol. The molecule has 0 aliphatic rings. The van der Waals surface area contributed by atoms with E-state index in [0.29, 0.717) is 0 Å². The maximum Gasteiger partial charge on any atom is 0.343 e. The van der Waals surface area contributed by atoms with Crippen LogP contribution in [0.2, 0.25) is 0 Å². The molecule has 0 bridgehead atoms.